The predicted molar refractivity (Wildman–Crippen MR) is 78.6 cm³/mol. The highest BCUT2D eigenvalue weighted by Crippen LogP contribution is 2.25. The molecule has 0 radical (unpaired) electrons. The molecule has 1 rings (SSSR count). The van der Waals surface area contributed by atoms with E-state index in [1.807, 2.05) is 20.8 Å². The van der Waals surface area contributed by atoms with E-state index < -0.39 is 0 Å². The molecule has 19 heavy (non-hydrogen) atoms. The minimum Gasteiger partial charge on any atom is -0.396 e. The highest BCUT2D eigenvalue weighted by molar-refractivity contribution is 6.31. The SMILES string of the molecule is CCC(CC)(CO)CNC(=O)c1cccc(Cl)c1C. The Kier molecular flexibility index (Phi) is 5.83. The fraction of sp³-hybridized carbons (Fsp3) is 0.533. The molecular weight excluding hydrogens is 262 g/mol. The number of carbonyl (C=O) groups excluding carboxylic acids is 1. The van der Waals surface area contributed by atoms with Gasteiger partial charge in [0.25, 0.3) is 5.91 Å². The van der Waals surface area contributed by atoms with Crippen LogP contribution in [-0.4, -0.2) is 24.2 Å². The molecule has 0 saturated heterocycles. The van der Waals surface area contributed by atoms with Gasteiger partial charge < -0.3 is 10.4 Å². The molecule has 0 aliphatic rings. The first-order valence-corrected chi connectivity index (χ1v) is 7.01. The number of carbonyl (C=O) groups is 1. The third-order valence-corrected chi connectivity index (χ3v) is 4.38. The predicted octanol–water partition coefficient (Wildman–Crippen LogP) is 3.18. The summed E-state index contributed by atoms with van der Waals surface area (Å²) in [5, 5.41) is 13.0. The van der Waals surface area contributed by atoms with E-state index in [-0.39, 0.29) is 17.9 Å². The number of aliphatic hydroxyl groups is 1. The molecule has 0 atom stereocenters. The standard InChI is InChI=1S/C15H22ClNO2/c1-4-15(5-2,10-18)9-17-14(19)12-7-6-8-13(16)11(12)3/h6-8,18H,4-5,9-10H2,1-3H3,(H,17,19). The largest absolute Gasteiger partial charge is 0.396 e. The summed E-state index contributed by atoms with van der Waals surface area (Å²) in [5.41, 5.74) is 1.14. The van der Waals surface area contributed by atoms with Crippen LogP contribution in [0.5, 0.6) is 0 Å². The van der Waals surface area contributed by atoms with Gasteiger partial charge >= 0.3 is 0 Å². The van der Waals surface area contributed by atoms with E-state index in [4.69, 9.17) is 11.6 Å². The van der Waals surface area contributed by atoms with Crippen LogP contribution < -0.4 is 5.32 Å². The molecule has 4 heteroatoms. The maximum atomic E-state index is 12.2. The third-order valence-electron chi connectivity index (χ3n) is 3.97. The van der Waals surface area contributed by atoms with Crippen LogP contribution in [0.25, 0.3) is 0 Å². The van der Waals surface area contributed by atoms with Crippen molar-refractivity contribution in [3.8, 4) is 0 Å². The van der Waals surface area contributed by atoms with E-state index in [9.17, 15) is 9.90 Å². The van der Waals surface area contributed by atoms with Gasteiger partial charge in [-0.3, -0.25) is 4.79 Å². The summed E-state index contributed by atoms with van der Waals surface area (Å²) >= 11 is 6.01. The van der Waals surface area contributed by atoms with Gasteiger partial charge in [-0.05, 0) is 37.5 Å². The van der Waals surface area contributed by atoms with E-state index in [1.165, 1.54) is 0 Å². The number of rotatable bonds is 6. The lowest BCUT2D eigenvalue weighted by atomic mass is 9.83. The summed E-state index contributed by atoms with van der Waals surface area (Å²) in [5.74, 6) is -0.139. The fourth-order valence-corrected chi connectivity index (χ4v) is 2.17. The summed E-state index contributed by atoms with van der Waals surface area (Å²) in [6.45, 7) is 6.43. The lowest BCUT2D eigenvalue weighted by molar-refractivity contribution is 0.0850. The maximum Gasteiger partial charge on any atom is 0.251 e. The second kappa shape index (κ2) is 6.92. The van der Waals surface area contributed by atoms with Crippen molar-refractivity contribution in [1.82, 2.24) is 5.32 Å². The van der Waals surface area contributed by atoms with Gasteiger partial charge in [0, 0.05) is 22.5 Å². The van der Waals surface area contributed by atoms with Crippen molar-refractivity contribution < 1.29 is 9.90 Å². The van der Waals surface area contributed by atoms with Gasteiger partial charge in [-0.25, -0.2) is 0 Å². The average Bonchev–Trinajstić information content (AvgIpc) is 2.44. The second-order valence-electron chi connectivity index (χ2n) is 4.96. The van der Waals surface area contributed by atoms with Gasteiger partial charge in [0.2, 0.25) is 0 Å². The van der Waals surface area contributed by atoms with E-state index in [1.54, 1.807) is 18.2 Å². The van der Waals surface area contributed by atoms with Crippen molar-refractivity contribution in [3.63, 3.8) is 0 Å². The molecule has 0 aliphatic heterocycles. The molecule has 0 bridgehead atoms. The first-order valence-electron chi connectivity index (χ1n) is 6.64. The number of halogens is 1. The molecule has 0 spiro atoms. The van der Waals surface area contributed by atoms with Gasteiger partial charge in [0.15, 0.2) is 0 Å². The number of amides is 1. The molecule has 1 aromatic rings. The summed E-state index contributed by atoms with van der Waals surface area (Å²) in [7, 11) is 0. The van der Waals surface area contributed by atoms with E-state index >= 15 is 0 Å². The molecule has 0 aliphatic carbocycles. The Hall–Kier alpha value is -1.06. The second-order valence-corrected chi connectivity index (χ2v) is 5.37. The minimum atomic E-state index is -0.234. The van der Waals surface area contributed by atoms with Crippen LogP contribution in [0.1, 0.15) is 42.6 Å². The summed E-state index contributed by atoms with van der Waals surface area (Å²) in [6.07, 6.45) is 1.66. The van der Waals surface area contributed by atoms with Gasteiger partial charge in [0.1, 0.15) is 0 Å². The zero-order valence-electron chi connectivity index (χ0n) is 11.8. The normalized spacial score (nSPS) is 11.4. The van der Waals surface area contributed by atoms with Crippen LogP contribution in [0, 0.1) is 12.3 Å². The zero-order valence-corrected chi connectivity index (χ0v) is 12.5. The zero-order chi connectivity index (χ0) is 14.5. The van der Waals surface area contributed by atoms with Crippen LogP contribution in [-0.2, 0) is 0 Å². The lowest BCUT2D eigenvalue weighted by Crippen LogP contribution is -2.39. The van der Waals surface area contributed by atoms with Crippen LogP contribution in [0.15, 0.2) is 18.2 Å². The number of benzene rings is 1. The Balaban J connectivity index is 2.78. The van der Waals surface area contributed by atoms with Crippen LogP contribution in [0.2, 0.25) is 5.02 Å². The quantitative estimate of drug-likeness (QED) is 0.842. The van der Waals surface area contributed by atoms with Gasteiger partial charge in [-0.1, -0.05) is 31.5 Å². The molecule has 0 unspecified atom stereocenters. The van der Waals surface area contributed by atoms with Crippen molar-refractivity contribution in [2.75, 3.05) is 13.2 Å². The Morgan fingerprint density at radius 3 is 2.53 bits per heavy atom. The Labute approximate surface area is 120 Å². The summed E-state index contributed by atoms with van der Waals surface area (Å²) < 4.78 is 0. The molecule has 3 nitrogen and oxygen atoms in total. The molecule has 106 valence electrons. The average molecular weight is 284 g/mol. The molecule has 2 N–H and O–H groups in total. The molecule has 0 fully saturated rings. The summed E-state index contributed by atoms with van der Waals surface area (Å²) in [6, 6.07) is 5.29. The van der Waals surface area contributed by atoms with Crippen molar-refractivity contribution in [2.45, 2.75) is 33.6 Å². The van der Waals surface area contributed by atoms with E-state index in [0.717, 1.165) is 18.4 Å². The van der Waals surface area contributed by atoms with Crippen molar-refractivity contribution in [2.24, 2.45) is 5.41 Å². The maximum absolute atomic E-state index is 12.2. The number of aliphatic hydroxyl groups excluding tert-OH is 1. The van der Waals surface area contributed by atoms with Crippen LogP contribution >= 0.6 is 11.6 Å². The summed E-state index contributed by atoms with van der Waals surface area (Å²) in [4.78, 5) is 12.2. The highest BCUT2D eigenvalue weighted by Gasteiger charge is 2.26. The molecular formula is C15H22ClNO2. The van der Waals surface area contributed by atoms with Crippen molar-refractivity contribution in [1.29, 1.82) is 0 Å². The highest BCUT2D eigenvalue weighted by atomic mass is 35.5. The van der Waals surface area contributed by atoms with Gasteiger partial charge in [0.05, 0.1) is 6.61 Å². The van der Waals surface area contributed by atoms with Gasteiger partial charge in [-0.15, -0.1) is 0 Å². The molecule has 0 aromatic heterocycles. The van der Waals surface area contributed by atoms with Crippen molar-refractivity contribution >= 4 is 17.5 Å². The molecule has 0 saturated carbocycles. The van der Waals surface area contributed by atoms with Crippen LogP contribution in [0.3, 0.4) is 0 Å². The molecule has 1 amide bonds. The number of nitrogens with one attached hydrogen (secondary N) is 1. The monoisotopic (exact) mass is 283 g/mol. The molecule has 1 aromatic carbocycles. The minimum absolute atomic E-state index is 0.0782. The topological polar surface area (TPSA) is 49.3 Å². The Morgan fingerprint density at radius 1 is 1.37 bits per heavy atom. The Bertz CT molecular complexity index is 434. The van der Waals surface area contributed by atoms with Crippen molar-refractivity contribution in [3.05, 3.63) is 34.3 Å². The number of hydrogen-bond donors (Lipinski definition) is 2. The fourth-order valence-electron chi connectivity index (χ4n) is 2.00. The third kappa shape index (κ3) is 3.71. The molecule has 0 heterocycles. The number of hydrogen-bond acceptors (Lipinski definition) is 2. The lowest BCUT2D eigenvalue weighted by Gasteiger charge is -2.29. The van der Waals surface area contributed by atoms with E-state index in [2.05, 4.69) is 5.32 Å². The van der Waals surface area contributed by atoms with Crippen LogP contribution in [0.4, 0.5) is 0 Å². The van der Waals surface area contributed by atoms with E-state index in [0.29, 0.717) is 17.1 Å². The first kappa shape index (κ1) is 16.0. The first-order chi connectivity index (χ1) is 8.99. The Morgan fingerprint density at radius 2 is 2.00 bits per heavy atom. The van der Waals surface area contributed by atoms with Gasteiger partial charge in [-0.2, -0.15) is 0 Å². The smallest absolute Gasteiger partial charge is 0.251 e.